The van der Waals surface area contributed by atoms with E-state index in [1.54, 1.807) is 27.7 Å². The van der Waals surface area contributed by atoms with E-state index in [-0.39, 0.29) is 13.2 Å². The minimum atomic E-state index is -0.594. The Hall–Kier alpha value is -3.11. The van der Waals surface area contributed by atoms with Crippen LogP contribution in [-0.2, 0) is 20.8 Å². The van der Waals surface area contributed by atoms with Crippen molar-refractivity contribution in [3.63, 3.8) is 0 Å². The van der Waals surface area contributed by atoms with E-state index >= 15 is 0 Å². The lowest BCUT2D eigenvalue weighted by Crippen LogP contribution is -2.34. The monoisotopic (exact) mass is 473 g/mol. The molecular weight excluding hydrogens is 450 g/mol. The number of carbonyl (C=O) groups excluding carboxylic acids is 3. The van der Waals surface area contributed by atoms with Crippen molar-refractivity contribution >= 4 is 45.7 Å². The summed E-state index contributed by atoms with van der Waals surface area (Å²) in [5, 5.41) is 1.08. The third-order valence-electron chi connectivity index (χ3n) is 4.38. The van der Waals surface area contributed by atoms with Crippen LogP contribution in [0.1, 0.15) is 48.2 Å². The van der Waals surface area contributed by atoms with Crippen molar-refractivity contribution in [2.75, 3.05) is 18.1 Å². The zero-order chi connectivity index (χ0) is 23.3. The molecule has 0 saturated heterocycles. The van der Waals surface area contributed by atoms with E-state index in [1.807, 2.05) is 30.3 Å². The van der Waals surface area contributed by atoms with Crippen molar-refractivity contribution in [3.8, 4) is 0 Å². The van der Waals surface area contributed by atoms with Gasteiger partial charge in [-0.05, 0) is 33.3 Å². The Labute approximate surface area is 193 Å². The van der Waals surface area contributed by atoms with E-state index in [1.165, 1.54) is 16.2 Å². The second-order valence-electron chi connectivity index (χ2n) is 6.82. The van der Waals surface area contributed by atoms with Gasteiger partial charge in [0.2, 0.25) is 0 Å². The molecule has 0 aliphatic heterocycles. The van der Waals surface area contributed by atoms with Crippen molar-refractivity contribution in [3.05, 3.63) is 62.0 Å². The fraction of sp³-hybridized carbons (Fsp3) is 0.318. The van der Waals surface area contributed by atoms with E-state index in [0.29, 0.717) is 26.3 Å². The maximum atomic E-state index is 13.1. The van der Waals surface area contributed by atoms with Gasteiger partial charge in [-0.25, -0.2) is 19.6 Å². The molecule has 2 aromatic heterocycles. The molecule has 0 unspecified atom stereocenters. The molecule has 32 heavy (non-hydrogen) atoms. The molecule has 0 bridgehead atoms. The van der Waals surface area contributed by atoms with Crippen LogP contribution in [-0.4, -0.2) is 41.0 Å². The summed E-state index contributed by atoms with van der Waals surface area (Å²) in [6, 6.07) is 9.36. The zero-order valence-electron chi connectivity index (χ0n) is 18.2. The van der Waals surface area contributed by atoms with Crippen LogP contribution in [0, 0.1) is 20.8 Å². The molecule has 3 rings (SSSR count). The third-order valence-corrected chi connectivity index (χ3v) is 6.59. The Morgan fingerprint density at radius 1 is 0.906 bits per heavy atom. The lowest BCUT2D eigenvalue weighted by Gasteiger charge is -2.20. The molecule has 0 saturated carbocycles. The molecule has 0 aliphatic carbocycles. The van der Waals surface area contributed by atoms with Gasteiger partial charge in [-0.2, -0.15) is 0 Å². The van der Waals surface area contributed by atoms with Gasteiger partial charge in [0, 0.05) is 0 Å². The molecule has 1 aromatic carbocycles. The first-order valence-electron chi connectivity index (χ1n) is 9.90. The van der Waals surface area contributed by atoms with Crippen LogP contribution in [0.2, 0.25) is 0 Å². The first-order valence-corrected chi connectivity index (χ1v) is 11.5. The number of carbonyl (C=O) groups is 3. The average Bonchev–Trinajstić information content (AvgIpc) is 3.32. The average molecular weight is 474 g/mol. The van der Waals surface area contributed by atoms with Gasteiger partial charge in [-0.15, -0.1) is 11.3 Å². The highest BCUT2D eigenvalue weighted by Gasteiger charge is 2.26. The number of esters is 2. The Kier molecular flexibility index (Phi) is 7.70. The lowest BCUT2D eigenvalue weighted by molar-refractivity contribution is -0.121. The van der Waals surface area contributed by atoms with Crippen LogP contribution in [0.4, 0.5) is 5.13 Å². The van der Waals surface area contributed by atoms with Crippen molar-refractivity contribution in [2.24, 2.45) is 0 Å². The maximum Gasteiger partial charge on any atom is 0.350 e. The molecule has 1 amide bonds. The number of ether oxygens (including phenoxy) is 2. The SMILES string of the molecule is CCOC(=O)c1sc(N(Cc2ccccc2)C(=O)COC(=O)c2sc(C)nc2C)nc1C. The highest BCUT2D eigenvalue weighted by molar-refractivity contribution is 7.17. The molecule has 0 radical (unpaired) electrons. The van der Waals surface area contributed by atoms with Crippen molar-refractivity contribution in [2.45, 2.75) is 34.2 Å². The number of rotatable bonds is 8. The molecule has 0 atom stereocenters. The molecule has 8 nitrogen and oxygen atoms in total. The Morgan fingerprint density at radius 3 is 2.16 bits per heavy atom. The van der Waals surface area contributed by atoms with Gasteiger partial charge in [-0.3, -0.25) is 9.69 Å². The van der Waals surface area contributed by atoms with E-state index in [2.05, 4.69) is 9.97 Å². The van der Waals surface area contributed by atoms with Crippen LogP contribution in [0.3, 0.4) is 0 Å². The van der Waals surface area contributed by atoms with Crippen LogP contribution < -0.4 is 4.90 Å². The number of hydrogen-bond donors (Lipinski definition) is 0. The molecule has 0 fully saturated rings. The summed E-state index contributed by atoms with van der Waals surface area (Å²) in [6.45, 7) is 6.92. The second kappa shape index (κ2) is 10.5. The first kappa shape index (κ1) is 23.6. The number of hydrogen-bond acceptors (Lipinski definition) is 9. The summed E-state index contributed by atoms with van der Waals surface area (Å²) in [4.78, 5) is 48.4. The number of nitrogens with zero attached hydrogens (tertiary/aromatic N) is 3. The van der Waals surface area contributed by atoms with Gasteiger partial charge in [0.15, 0.2) is 11.7 Å². The predicted octanol–water partition coefficient (Wildman–Crippen LogP) is 4.09. The minimum Gasteiger partial charge on any atom is -0.462 e. The van der Waals surface area contributed by atoms with Gasteiger partial charge in [0.1, 0.15) is 9.75 Å². The smallest absolute Gasteiger partial charge is 0.350 e. The lowest BCUT2D eigenvalue weighted by atomic mass is 10.2. The van der Waals surface area contributed by atoms with E-state index < -0.39 is 24.5 Å². The normalized spacial score (nSPS) is 10.6. The van der Waals surface area contributed by atoms with Gasteiger partial charge in [0.05, 0.1) is 29.5 Å². The summed E-state index contributed by atoms with van der Waals surface area (Å²) in [6.07, 6.45) is 0. The van der Waals surface area contributed by atoms with E-state index in [4.69, 9.17) is 9.47 Å². The summed E-state index contributed by atoms with van der Waals surface area (Å²) in [5.74, 6) is -1.53. The topological polar surface area (TPSA) is 98.7 Å². The first-order chi connectivity index (χ1) is 15.3. The number of aromatic nitrogens is 2. The molecule has 168 valence electrons. The van der Waals surface area contributed by atoms with Crippen LogP contribution in [0.25, 0.3) is 0 Å². The van der Waals surface area contributed by atoms with Crippen LogP contribution in [0.5, 0.6) is 0 Å². The molecule has 10 heteroatoms. The summed E-state index contributed by atoms with van der Waals surface area (Å²) < 4.78 is 10.3. The quantitative estimate of drug-likeness (QED) is 0.454. The number of thiazole rings is 2. The zero-order valence-corrected chi connectivity index (χ0v) is 19.8. The largest absolute Gasteiger partial charge is 0.462 e. The number of benzene rings is 1. The maximum absolute atomic E-state index is 13.1. The van der Waals surface area contributed by atoms with Crippen LogP contribution >= 0.6 is 22.7 Å². The highest BCUT2D eigenvalue weighted by atomic mass is 32.1. The molecule has 3 aromatic rings. The van der Waals surface area contributed by atoms with Crippen molar-refractivity contribution in [1.29, 1.82) is 0 Å². The van der Waals surface area contributed by atoms with Crippen molar-refractivity contribution in [1.82, 2.24) is 9.97 Å². The van der Waals surface area contributed by atoms with Gasteiger partial charge in [0.25, 0.3) is 5.91 Å². The van der Waals surface area contributed by atoms with Crippen molar-refractivity contribution < 1.29 is 23.9 Å². The summed E-state index contributed by atoms with van der Waals surface area (Å²) >= 11 is 2.29. The van der Waals surface area contributed by atoms with Gasteiger partial charge < -0.3 is 9.47 Å². The van der Waals surface area contributed by atoms with E-state index in [9.17, 15) is 14.4 Å². The number of anilines is 1. The molecule has 0 N–H and O–H groups in total. The fourth-order valence-electron chi connectivity index (χ4n) is 2.90. The Balaban J connectivity index is 1.82. The second-order valence-corrected chi connectivity index (χ2v) is 9.00. The standard InChI is InChI=1S/C22H23N3O5S2/c1-5-29-20(27)19-14(3)24-22(32-19)25(11-16-9-7-6-8-10-16)17(26)12-30-21(28)18-13(2)23-15(4)31-18/h6-10H,5,11-12H2,1-4H3. The van der Waals surface area contributed by atoms with Gasteiger partial charge >= 0.3 is 11.9 Å². The van der Waals surface area contributed by atoms with E-state index in [0.717, 1.165) is 21.9 Å². The predicted molar refractivity (Wildman–Crippen MR) is 122 cm³/mol. The number of amides is 1. The highest BCUT2D eigenvalue weighted by Crippen LogP contribution is 2.28. The fourth-order valence-corrected chi connectivity index (χ4v) is 4.69. The number of aryl methyl sites for hydroxylation is 3. The Bertz CT molecular complexity index is 1120. The minimum absolute atomic E-state index is 0.213. The summed E-state index contributed by atoms with van der Waals surface area (Å²) in [7, 11) is 0. The molecule has 0 spiro atoms. The molecular formula is C22H23N3O5S2. The summed E-state index contributed by atoms with van der Waals surface area (Å²) in [5.41, 5.74) is 1.91. The molecule has 0 aliphatic rings. The molecule has 2 heterocycles. The third kappa shape index (κ3) is 5.57. The van der Waals surface area contributed by atoms with Gasteiger partial charge in [-0.1, -0.05) is 41.7 Å². The van der Waals surface area contributed by atoms with Crippen LogP contribution in [0.15, 0.2) is 30.3 Å². The Morgan fingerprint density at radius 2 is 1.53 bits per heavy atom.